The van der Waals surface area contributed by atoms with Crippen LogP contribution in [0.5, 0.6) is 0 Å². The van der Waals surface area contributed by atoms with Crippen LogP contribution >= 0.6 is 0 Å². The highest BCUT2D eigenvalue weighted by atomic mass is 16.5. The van der Waals surface area contributed by atoms with E-state index in [4.69, 9.17) is 10.3 Å². The number of nitrogens with zero attached hydrogens (tertiary/aromatic N) is 3. The molecule has 0 amide bonds. The minimum Gasteiger partial charge on any atom is -0.339 e. The second-order valence-corrected chi connectivity index (χ2v) is 5.28. The Balaban J connectivity index is 1.89. The quantitative estimate of drug-likeness (QED) is 0.858. The number of aromatic nitrogens is 2. The maximum absolute atomic E-state index is 5.70. The van der Waals surface area contributed by atoms with E-state index >= 15 is 0 Å². The third-order valence-corrected chi connectivity index (χ3v) is 3.40. The fraction of sp³-hybridized carbons (Fsp3) is 0.833. The van der Waals surface area contributed by atoms with Crippen LogP contribution in [0.2, 0.25) is 0 Å². The van der Waals surface area contributed by atoms with E-state index in [1.807, 2.05) is 6.92 Å². The predicted octanol–water partition coefficient (Wildman–Crippen LogP) is 1.36. The summed E-state index contributed by atoms with van der Waals surface area (Å²) in [5.41, 5.74) is 5.70. The molecule has 2 unspecified atom stereocenters. The minimum atomic E-state index is -0.150. The van der Waals surface area contributed by atoms with E-state index in [1.165, 1.54) is 13.0 Å². The summed E-state index contributed by atoms with van der Waals surface area (Å²) in [5, 5.41) is 3.89. The number of likely N-dealkylation sites (tertiary alicyclic amines) is 1. The minimum absolute atomic E-state index is 0.150. The van der Waals surface area contributed by atoms with Gasteiger partial charge in [-0.3, -0.25) is 0 Å². The highest BCUT2D eigenvalue weighted by Crippen LogP contribution is 2.22. The molecular formula is C12H22N4O. The zero-order valence-corrected chi connectivity index (χ0v) is 10.9. The van der Waals surface area contributed by atoms with Crippen molar-refractivity contribution in [3.8, 4) is 0 Å². The number of nitrogens with two attached hydrogens (primary N) is 1. The van der Waals surface area contributed by atoms with Gasteiger partial charge >= 0.3 is 0 Å². The second kappa shape index (κ2) is 5.14. The van der Waals surface area contributed by atoms with Gasteiger partial charge in [0.1, 0.15) is 0 Å². The van der Waals surface area contributed by atoms with Gasteiger partial charge in [-0.15, -0.1) is 0 Å². The first-order valence-electron chi connectivity index (χ1n) is 6.38. The Morgan fingerprint density at radius 1 is 1.47 bits per heavy atom. The molecular weight excluding hydrogens is 216 g/mol. The van der Waals surface area contributed by atoms with Gasteiger partial charge in [0, 0.05) is 19.0 Å². The summed E-state index contributed by atoms with van der Waals surface area (Å²) in [6.45, 7) is 8.65. The van der Waals surface area contributed by atoms with E-state index in [0.717, 1.165) is 18.9 Å². The Hall–Kier alpha value is -0.940. The summed E-state index contributed by atoms with van der Waals surface area (Å²) in [4.78, 5) is 6.82. The summed E-state index contributed by atoms with van der Waals surface area (Å²) in [6.07, 6.45) is 2.09. The van der Waals surface area contributed by atoms with Gasteiger partial charge in [0.05, 0.1) is 6.04 Å². The van der Waals surface area contributed by atoms with Crippen molar-refractivity contribution in [2.45, 2.75) is 45.7 Å². The second-order valence-electron chi connectivity index (χ2n) is 5.28. The molecule has 0 aromatic carbocycles. The number of hydrogen-bond donors (Lipinski definition) is 1. The van der Waals surface area contributed by atoms with E-state index in [0.29, 0.717) is 17.8 Å². The molecule has 5 heteroatoms. The third kappa shape index (κ3) is 3.04. The lowest BCUT2D eigenvalue weighted by Gasteiger charge is -2.19. The molecule has 1 aromatic rings. The maximum atomic E-state index is 5.70. The smallest absolute Gasteiger partial charge is 0.227 e. The lowest BCUT2D eigenvalue weighted by Crippen LogP contribution is -2.28. The van der Waals surface area contributed by atoms with Crippen LogP contribution in [-0.4, -0.2) is 34.2 Å². The molecule has 0 spiro atoms. The molecule has 1 aliphatic heterocycles. The predicted molar refractivity (Wildman–Crippen MR) is 65.4 cm³/mol. The van der Waals surface area contributed by atoms with Crippen LogP contribution < -0.4 is 5.73 Å². The fourth-order valence-corrected chi connectivity index (χ4v) is 2.28. The van der Waals surface area contributed by atoms with Gasteiger partial charge in [-0.05, 0) is 39.7 Å². The fourth-order valence-electron chi connectivity index (χ4n) is 2.28. The first kappa shape index (κ1) is 12.5. The molecule has 0 radical (unpaired) electrons. The lowest BCUT2D eigenvalue weighted by atomic mass is 10.1. The van der Waals surface area contributed by atoms with Gasteiger partial charge in [0.25, 0.3) is 0 Å². The van der Waals surface area contributed by atoms with Crippen LogP contribution in [0.25, 0.3) is 0 Å². The summed E-state index contributed by atoms with van der Waals surface area (Å²) in [6, 6.07) is 0.477. The molecule has 0 saturated carbocycles. The molecule has 1 saturated heterocycles. The van der Waals surface area contributed by atoms with Gasteiger partial charge in [-0.2, -0.15) is 4.98 Å². The van der Waals surface area contributed by atoms with Crippen molar-refractivity contribution < 1.29 is 4.52 Å². The molecule has 2 N–H and O–H groups in total. The van der Waals surface area contributed by atoms with Crippen molar-refractivity contribution in [2.75, 3.05) is 13.1 Å². The Bertz CT molecular complexity index is 361. The average Bonchev–Trinajstić information content (AvgIpc) is 2.87. The van der Waals surface area contributed by atoms with Crippen LogP contribution in [0.15, 0.2) is 4.52 Å². The summed E-state index contributed by atoms with van der Waals surface area (Å²) in [7, 11) is 0. The molecule has 1 fully saturated rings. The molecule has 2 heterocycles. The van der Waals surface area contributed by atoms with Crippen molar-refractivity contribution >= 4 is 0 Å². The van der Waals surface area contributed by atoms with Crippen LogP contribution in [0.3, 0.4) is 0 Å². The molecule has 1 aliphatic rings. The van der Waals surface area contributed by atoms with Crippen molar-refractivity contribution in [2.24, 2.45) is 11.7 Å². The van der Waals surface area contributed by atoms with E-state index in [9.17, 15) is 0 Å². The molecule has 2 atom stereocenters. The van der Waals surface area contributed by atoms with Gasteiger partial charge < -0.3 is 15.2 Å². The van der Waals surface area contributed by atoms with Crippen molar-refractivity contribution in [3.63, 3.8) is 0 Å². The van der Waals surface area contributed by atoms with Gasteiger partial charge in [-0.1, -0.05) is 5.16 Å². The van der Waals surface area contributed by atoms with Crippen molar-refractivity contribution in [3.05, 3.63) is 11.7 Å². The lowest BCUT2D eigenvalue weighted by molar-refractivity contribution is 0.260. The average molecular weight is 238 g/mol. The highest BCUT2D eigenvalue weighted by Gasteiger charge is 2.26. The zero-order chi connectivity index (χ0) is 12.4. The Morgan fingerprint density at radius 2 is 2.24 bits per heavy atom. The van der Waals surface area contributed by atoms with Gasteiger partial charge in [0.2, 0.25) is 5.89 Å². The van der Waals surface area contributed by atoms with Gasteiger partial charge in [0.15, 0.2) is 5.82 Å². The normalized spacial score (nSPS) is 23.5. The zero-order valence-electron chi connectivity index (χ0n) is 10.9. The molecule has 96 valence electrons. The maximum Gasteiger partial charge on any atom is 0.227 e. The van der Waals surface area contributed by atoms with E-state index < -0.39 is 0 Å². The van der Waals surface area contributed by atoms with Gasteiger partial charge in [-0.25, -0.2) is 0 Å². The molecule has 0 aliphatic carbocycles. The topological polar surface area (TPSA) is 68.2 Å². The van der Waals surface area contributed by atoms with Crippen LogP contribution in [0.4, 0.5) is 0 Å². The Kier molecular flexibility index (Phi) is 3.79. The van der Waals surface area contributed by atoms with Crippen molar-refractivity contribution in [1.82, 2.24) is 15.0 Å². The molecule has 17 heavy (non-hydrogen) atoms. The first-order valence-corrected chi connectivity index (χ1v) is 6.38. The largest absolute Gasteiger partial charge is 0.339 e. The molecule has 5 nitrogen and oxygen atoms in total. The summed E-state index contributed by atoms with van der Waals surface area (Å²) >= 11 is 0. The number of hydrogen-bond acceptors (Lipinski definition) is 5. The third-order valence-electron chi connectivity index (χ3n) is 3.40. The highest BCUT2D eigenvalue weighted by molar-refractivity contribution is 4.93. The molecule has 0 bridgehead atoms. The molecule has 1 aromatic heterocycles. The van der Waals surface area contributed by atoms with Crippen LogP contribution in [-0.2, 0) is 6.42 Å². The summed E-state index contributed by atoms with van der Waals surface area (Å²) < 4.78 is 5.22. The van der Waals surface area contributed by atoms with Crippen LogP contribution in [0, 0.1) is 5.92 Å². The van der Waals surface area contributed by atoms with E-state index in [2.05, 4.69) is 28.9 Å². The first-order chi connectivity index (χ1) is 8.06. The standard InChI is InChI=1S/C12H22N4O/c1-8(2)16-5-4-10(7-16)6-11-14-12(9(3)13)15-17-11/h8-10H,4-7,13H2,1-3H3. The monoisotopic (exact) mass is 238 g/mol. The summed E-state index contributed by atoms with van der Waals surface area (Å²) in [5.74, 6) is 1.98. The van der Waals surface area contributed by atoms with Crippen LogP contribution in [0.1, 0.15) is 44.9 Å². The SMILES string of the molecule is CC(N)c1noc(CC2CCN(C(C)C)C2)n1. The molecule has 2 rings (SSSR count). The van der Waals surface area contributed by atoms with E-state index in [1.54, 1.807) is 0 Å². The Labute approximate surface area is 102 Å². The Morgan fingerprint density at radius 3 is 2.76 bits per heavy atom. The van der Waals surface area contributed by atoms with Crippen molar-refractivity contribution in [1.29, 1.82) is 0 Å². The van der Waals surface area contributed by atoms with E-state index in [-0.39, 0.29) is 6.04 Å². The number of rotatable bonds is 4.